The summed E-state index contributed by atoms with van der Waals surface area (Å²) in [5.41, 5.74) is 3.32. The highest BCUT2D eigenvalue weighted by Gasteiger charge is 2.12. The van der Waals surface area contributed by atoms with Crippen molar-refractivity contribution >= 4 is 38.6 Å². The molecular weight excluding hydrogens is 364 g/mol. The maximum atomic E-state index is 12.1. The smallest absolute Gasteiger partial charge is 0.338 e. The van der Waals surface area contributed by atoms with E-state index >= 15 is 0 Å². The highest BCUT2D eigenvalue weighted by molar-refractivity contribution is 7.22. The van der Waals surface area contributed by atoms with Crippen LogP contribution >= 0.6 is 11.3 Å². The van der Waals surface area contributed by atoms with Gasteiger partial charge >= 0.3 is 5.97 Å². The van der Waals surface area contributed by atoms with Gasteiger partial charge in [0.2, 0.25) is 0 Å². The summed E-state index contributed by atoms with van der Waals surface area (Å²) in [4.78, 5) is 28.3. The van der Waals surface area contributed by atoms with Crippen molar-refractivity contribution in [2.24, 2.45) is 0 Å². The summed E-state index contributed by atoms with van der Waals surface area (Å²) in [6.45, 7) is 5.93. The van der Waals surface area contributed by atoms with E-state index in [0.29, 0.717) is 28.6 Å². The van der Waals surface area contributed by atoms with Gasteiger partial charge in [0, 0.05) is 0 Å². The summed E-state index contributed by atoms with van der Waals surface area (Å²) >= 11 is 1.30. The number of nitrogens with zero attached hydrogens (tertiary/aromatic N) is 1. The number of carbonyl (C=O) groups excluding carboxylic acids is 2. The van der Waals surface area contributed by atoms with Gasteiger partial charge in [0.05, 0.1) is 22.4 Å². The molecule has 6 nitrogen and oxygen atoms in total. The van der Waals surface area contributed by atoms with Gasteiger partial charge in [0.25, 0.3) is 5.91 Å². The lowest BCUT2D eigenvalue weighted by molar-refractivity contribution is -0.118. The van der Waals surface area contributed by atoms with Crippen molar-refractivity contribution in [1.82, 2.24) is 4.98 Å². The Kier molecular flexibility index (Phi) is 5.71. The van der Waals surface area contributed by atoms with Crippen LogP contribution in [0.25, 0.3) is 10.2 Å². The normalized spacial score (nSPS) is 10.6. The number of rotatable bonds is 6. The summed E-state index contributed by atoms with van der Waals surface area (Å²) < 4.78 is 11.4. The Morgan fingerprint density at radius 3 is 2.56 bits per heavy atom. The molecule has 0 unspecified atom stereocenters. The van der Waals surface area contributed by atoms with Crippen LogP contribution in [-0.4, -0.2) is 30.1 Å². The number of carbonyl (C=O) groups is 2. The molecule has 1 heterocycles. The molecule has 140 valence electrons. The minimum atomic E-state index is -0.375. The number of hydrogen-bond acceptors (Lipinski definition) is 6. The van der Waals surface area contributed by atoms with Crippen molar-refractivity contribution < 1.29 is 19.1 Å². The first-order valence-corrected chi connectivity index (χ1v) is 9.35. The summed E-state index contributed by atoms with van der Waals surface area (Å²) in [5, 5.41) is 3.19. The van der Waals surface area contributed by atoms with E-state index in [4.69, 9.17) is 9.47 Å². The molecule has 0 saturated carbocycles. The summed E-state index contributed by atoms with van der Waals surface area (Å²) in [7, 11) is 0. The summed E-state index contributed by atoms with van der Waals surface area (Å²) in [6, 6.07) is 10.9. The van der Waals surface area contributed by atoms with Crippen LogP contribution in [-0.2, 0) is 9.53 Å². The minimum absolute atomic E-state index is 0.104. The fraction of sp³-hybridized carbons (Fsp3) is 0.250. The molecule has 3 rings (SSSR count). The molecule has 1 amide bonds. The number of benzene rings is 2. The second-order valence-electron chi connectivity index (χ2n) is 6.08. The number of amides is 1. The lowest BCUT2D eigenvalue weighted by Crippen LogP contribution is -2.20. The number of hydrogen-bond donors (Lipinski definition) is 1. The fourth-order valence-corrected chi connectivity index (χ4v) is 3.56. The molecule has 3 aromatic rings. The van der Waals surface area contributed by atoms with Crippen LogP contribution in [0.1, 0.15) is 28.4 Å². The zero-order valence-corrected chi connectivity index (χ0v) is 16.2. The highest BCUT2D eigenvalue weighted by Crippen LogP contribution is 2.27. The second-order valence-corrected chi connectivity index (χ2v) is 7.11. The quantitative estimate of drug-likeness (QED) is 0.647. The predicted molar refractivity (Wildman–Crippen MR) is 106 cm³/mol. The van der Waals surface area contributed by atoms with Gasteiger partial charge in [-0.2, -0.15) is 0 Å². The Balaban J connectivity index is 1.65. The molecule has 0 atom stereocenters. The Morgan fingerprint density at radius 1 is 1.11 bits per heavy atom. The predicted octanol–water partition coefficient (Wildman–Crippen LogP) is 4.11. The van der Waals surface area contributed by atoms with Crippen LogP contribution in [0.5, 0.6) is 5.75 Å². The van der Waals surface area contributed by atoms with E-state index in [1.54, 1.807) is 25.1 Å². The van der Waals surface area contributed by atoms with Gasteiger partial charge in [0.15, 0.2) is 11.7 Å². The van der Waals surface area contributed by atoms with Gasteiger partial charge in [-0.1, -0.05) is 17.4 Å². The Labute approximate surface area is 161 Å². The molecule has 0 radical (unpaired) electrons. The second kappa shape index (κ2) is 8.18. The maximum Gasteiger partial charge on any atom is 0.338 e. The average Bonchev–Trinajstić information content (AvgIpc) is 3.00. The first-order valence-electron chi connectivity index (χ1n) is 8.53. The van der Waals surface area contributed by atoms with E-state index in [9.17, 15) is 9.59 Å². The molecule has 7 heteroatoms. The monoisotopic (exact) mass is 384 g/mol. The molecule has 0 bridgehead atoms. The van der Waals surface area contributed by atoms with Gasteiger partial charge in [-0.3, -0.25) is 10.1 Å². The number of fused-ring (bicyclic) bond motifs is 1. The number of anilines is 1. The summed E-state index contributed by atoms with van der Waals surface area (Å²) in [6.07, 6.45) is 0. The largest absolute Gasteiger partial charge is 0.484 e. The van der Waals surface area contributed by atoms with Crippen molar-refractivity contribution in [2.75, 3.05) is 18.5 Å². The van der Waals surface area contributed by atoms with E-state index in [1.807, 2.05) is 32.0 Å². The zero-order valence-electron chi connectivity index (χ0n) is 15.4. The standard InChI is InChI=1S/C20H20N2O4S/c1-4-25-19(24)14-5-6-16-17(10-14)27-20(21-16)22-18(23)11-26-15-8-12(2)7-13(3)9-15/h5-10H,4,11H2,1-3H3,(H,21,22,23). The third-order valence-corrected chi connectivity index (χ3v) is 4.64. The van der Waals surface area contributed by atoms with E-state index in [-0.39, 0.29) is 18.5 Å². The third kappa shape index (κ3) is 4.83. The molecule has 0 spiro atoms. The van der Waals surface area contributed by atoms with Crippen LogP contribution in [0.3, 0.4) is 0 Å². The van der Waals surface area contributed by atoms with Crippen LogP contribution in [0, 0.1) is 13.8 Å². The van der Waals surface area contributed by atoms with Gasteiger partial charge < -0.3 is 9.47 Å². The molecular formula is C20H20N2O4S. The van der Waals surface area contributed by atoms with Crippen LogP contribution in [0.15, 0.2) is 36.4 Å². The Bertz CT molecular complexity index is 977. The Hall–Kier alpha value is -2.93. The van der Waals surface area contributed by atoms with Crippen LogP contribution in [0.4, 0.5) is 5.13 Å². The van der Waals surface area contributed by atoms with E-state index in [2.05, 4.69) is 10.3 Å². The SMILES string of the molecule is CCOC(=O)c1ccc2nc(NC(=O)COc3cc(C)cc(C)c3)sc2c1. The highest BCUT2D eigenvalue weighted by atomic mass is 32.1. The topological polar surface area (TPSA) is 77.5 Å². The molecule has 27 heavy (non-hydrogen) atoms. The van der Waals surface area contributed by atoms with E-state index in [0.717, 1.165) is 15.8 Å². The first kappa shape index (κ1) is 18.8. The van der Waals surface area contributed by atoms with Crippen molar-refractivity contribution in [1.29, 1.82) is 0 Å². The van der Waals surface area contributed by atoms with Crippen LogP contribution < -0.4 is 10.1 Å². The van der Waals surface area contributed by atoms with E-state index < -0.39 is 0 Å². The number of aryl methyl sites for hydroxylation is 2. The van der Waals surface area contributed by atoms with Crippen molar-refractivity contribution in [2.45, 2.75) is 20.8 Å². The molecule has 0 aliphatic heterocycles. The average molecular weight is 384 g/mol. The Morgan fingerprint density at radius 2 is 1.85 bits per heavy atom. The number of nitrogens with one attached hydrogen (secondary N) is 1. The molecule has 0 aliphatic carbocycles. The molecule has 0 fully saturated rings. The molecule has 1 N–H and O–H groups in total. The van der Waals surface area contributed by atoms with Gasteiger partial charge in [0.1, 0.15) is 5.75 Å². The van der Waals surface area contributed by atoms with Crippen molar-refractivity contribution in [3.05, 3.63) is 53.1 Å². The van der Waals surface area contributed by atoms with Crippen molar-refractivity contribution in [3.63, 3.8) is 0 Å². The van der Waals surface area contributed by atoms with Crippen molar-refractivity contribution in [3.8, 4) is 5.75 Å². The lowest BCUT2D eigenvalue weighted by atomic mass is 10.1. The number of esters is 1. The molecule has 0 saturated heterocycles. The number of aromatic nitrogens is 1. The fourth-order valence-electron chi connectivity index (χ4n) is 2.64. The van der Waals surface area contributed by atoms with Gasteiger partial charge in [-0.15, -0.1) is 0 Å². The minimum Gasteiger partial charge on any atom is -0.484 e. The molecule has 2 aromatic carbocycles. The maximum absolute atomic E-state index is 12.1. The van der Waals surface area contributed by atoms with Gasteiger partial charge in [-0.25, -0.2) is 9.78 Å². The molecule has 0 aliphatic rings. The number of ether oxygens (including phenoxy) is 2. The summed E-state index contributed by atoms with van der Waals surface area (Å²) in [5.74, 6) is -0.00917. The van der Waals surface area contributed by atoms with Gasteiger partial charge in [-0.05, 0) is 62.2 Å². The van der Waals surface area contributed by atoms with Crippen LogP contribution in [0.2, 0.25) is 0 Å². The first-order chi connectivity index (χ1) is 12.9. The third-order valence-electron chi connectivity index (χ3n) is 3.71. The lowest BCUT2D eigenvalue weighted by Gasteiger charge is -2.07. The zero-order chi connectivity index (χ0) is 19.4. The molecule has 1 aromatic heterocycles. The number of thiazole rings is 1. The van der Waals surface area contributed by atoms with E-state index in [1.165, 1.54) is 11.3 Å².